The van der Waals surface area contributed by atoms with E-state index < -0.39 is 5.06 Å². The quantitative estimate of drug-likeness (QED) is 0.518. The Bertz CT molecular complexity index is 70.6. The Morgan fingerprint density at radius 1 is 1.71 bits per heavy atom. The van der Waals surface area contributed by atoms with E-state index in [0.717, 1.165) is 12.8 Å². The number of aliphatic hydroxyl groups is 1. The van der Waals surface area contributed by atoms with Crippen molar-refractivity contribution in [3.8, 4) is 0 Å². The van der Waals surface area contributed by atoms with Crippen LogP contribution < -0.4 is 0 Å². The summed E-state index contributed by atoms with van der Waals surface area (Å²) in [6, 6.07) is 0. The number of rotatable bonds is 1. The molecule has 42 valence electrons. The SMILES string of the molecule is CC(O)(Cl)C1CC1. The van der Waals surface area contributed by atoms with E-state index in [-0.39, 0.29) is 0 Å². The molecule has 2 heteroatoms. The lowest BCUT2D eigenvalue weighted by Crippen LogP contribution is -2.16. The molecule has 0 bridgehead atoms. The highest BCUT2D eigenvalue weighted by atomic mass is 35.5. The first-order valence-electron chi connectivity index (χ1n) is 2.52. The predicted octanol–water partition coefficient (Wildman–Crippen LogP) is 1.34. The minimum absolute atomic E-state index is 0.370. The Labute approximate surface area is 48.3 Å². The first kappa shape index (κ1) is 5.39. The van der Waals surface area contributed by atoms with E-state index in [4.69, 9.17) is 16.7 Å². The zero-order chi connectivity index (χ0) is 5.49. The highest BCUT2D eigenvalue weighted by Gasteiger charge is 2.37. The van der Waals surface area contributed by atoms with Gasteiger partial charge in [0.05, 0.1) is 0 Å². The monoisotopic (exact) mass is 120 g/mol. The fourth-order valence-corrected chi connectivity index (χ4v) is 0.828. The van der Waals surface area contributed by atoms with Crippen LogP contribution in [0.3, 0.4) is 0 Å². The summed E-state index contributed by atoms with van der Waals surface area (Å²) in [4.78, 5) is 0. The van der Waals surface area contributed by atoms with Crippen molar-refractivity contribution >= 4 is 11.6 Å². The predicted molar refractivity (Wildman–Crippen MR) is 29.2 cm³/mol. The Morgan fingerprint density at radius 2 is 2.14 bits per heavy atom. The molecule has 0 aromatic heterocycles. The Kier molecular flexibility index (Phi) is 1.05. The third-order valence-corrected chi connectivity index (χ3v) is 1.63. The van der Waals surface area contributed by atoms with E-state index in [2.05, 4.69) is 0 Å². The molecule has 0 aromatic carbocycles. The van der Waals surface area contributed by atoms with Gasteiger partial charge in [0, 0.05) is 5.92 Å². The molecule has 1 aliphatic rings. The summed E-state index contributed by atoms with van der Waals surface area (Å²) in [7, 11) is 0. The number of hydrogen-bond donors (Lipinski definition) is 1. The van der Waals surface area contributed by atoms with Gasteiger partial charge in [-0.2, -0.15) is 0 Å². The van der Waals surface area contributed by atoms with Crippen LogP contribution in [0.4, 0.5) is 0 Å². The van der Waals surface area contributed by atoms with E-state index in [1.807, 2.05) is 0 Å². The summed E-state index contributed by atoms with van der Waals surface area (Å²) in [5.41, 5.74) is 0. The molecule has 1 saturated carbocycles. The van der Waals surface area contributed by atoms with Crippen molar-refractivity contribution in [1.29, 1.82) is 0 Å². The van der Waals surface area contributed by atoms with Gasteiger partial charge in [-0.05, 0) is 19.8 Å². The molecule has 1 fully saturated rings. The lowest BCUT2D eigenvalue weighted by molar-refractivity contribution is 0.125. The van der Waals surface area contributed by atoms with Crippen molar-refractivity contribution in [2.75, 3.05) is 0 Å². The van der Waals surface area contributed by atoms with E-state index >= 15 is 0 Å². The highest BCUT2D eigenvalue weighted by molar-refractivity contribution is 6.22. The number of alkyl halides is 1. The van der Waals surface area contributed by atoms with Gasteiger partial charge in [-0.25, -0.2) is 0 Å². The van der Waals surface area contributed by atoms with Crippen LogP contribution in [0, 0.1) is 5.92 Å². The van der Waals surface area contributed by atoms with Crippen LogP contribution in [-0.2, 0) is 0 Å². The molecule has 1 N–H and O–H groups in total. The van der Waals surface area contributed by atoms with Crippen molar-refractivity contribution in [3.05, 3.63) is 0 Å². The summed E-state index contributed by atoms with van der Waals surface area (Å²) in [6.45, 7) is 1.65. The molecule has 0 amide bonds. The maximum Gasteiger partial charge on any atom is 0.138 e. The van der Waals surface area contributed by atoms with Crippen LogP contribution in [0.5, 0.6) is 0 Å². The molecule has 0 aliphatic heterocycles. The average Bonchev–Trinajstić information content (AvgIpc) is 1.99. The normalized spacial score (nSPS) is 29.6. The Morgan fingerprint density at radius 3 is 2.14 bits per heavy atom. The maximum absolute atomic E-state index is 8.92. The van der Waals surface area contributed by atoms with E-state index in [0.29, 0.717) is 5.92 Å². The van der Waals surface area contributed by atoms with Crippen molar-refractivity contribution in [2.24, 2.45) is 5.92 Å². The summed E-state index contributed by atoms with van der Waals surface area (Å²) >= 11 is 5.49. The van der Waals surface area contributed by atoms with Gasteiger partial charge in [0.15, 0.2) is 0 Å². The molecule has 1 unspecified atom stereocenters. The Balaban J connectivity index is 2.36. The van der Waals surface area contributed by atoms with Crippen LogP contribution in [-0.4, -0.2) is 10.2 Å². The lowest BCUT2D eigenvalue weighted by atomic mass is 10.3. The average molecular weight is 121 g/mol. The topological polar surface area (TPSA) is 20.2 Å². The van der Waals surface area contributed by atoms with Crippen LogP contribution >= 0.6 is 11.6 Å². The molecule has 1 nitrogen and oxygen atoms in total. The molecule has 7 heavy (non-hydrogen) atoms. The molecule has 1 atom stereocenters. The van der Waals surface area contributed by atoms with Crippen molar-refractivity contribution in [3.63, 3.8) is 0 Å². The van der Waals surface area contributed by atoms with Gasteiger partial charge in [-0.1, -0.05) is 11.6 Å². The van der Waals surface area contributed by atoms with Gasteiger partial charge in [0.2, 0.25) is 0 Å². The van der Waals surface area contributed by atoms with Crippen LogP contribution in [0.15, 0.2) is 0 Å². The maximum atomic E-state index is 8.92. The Hall–Kier alpha value is 0.250. The van der Waals surface area contributed by atoms with E-state index in [9.17, 15) is 0 Å². The summed E-state index contributed by atoms with van der Waals surface area (Å²) < 4.78 is 0. The molecule has 0 saturated heterocycles. The first-order chi connectivity index (χ1) is 3.11. The van der Waals surface area contributed by atoms with Crippen molar-refractivity contribution < 1.29 is 5.11 Å². The smallest absolute Gasteiger partial charge is 0.138 e. The van der Waals surface area contributed by atoms with Crippen molar-refractivity contribution in [2.45, 2.75) is 24.8 Å². The number of hydrogen-bond acceptors (Lipinski definition) is 1. The van der Waals surface area contributed by atoms with Gasteiger partial charge >= 0.3 is 0 Å². The summed E-state index contributed by atoms with van der Waals surface area (Å²) in [5.74, 6) is 0.370. The molecule has 0 heterocycles. The molecule has 0 aromatic rings. The lowest BCUT2D eigenvalue weighted by Gasteiger charge is -2.10. The molecular weight excluding hydrogens is 112 g/mol. The highest BCUT2D eigenvalue weighted by Crippen LogP contribution is 2.41. The first-order valence-corrected chi connectivity index (χ1v) is 2.90. The standard InChI is InChI=1S/C5H9ClO/c1-5(6,7)4-2-3-4/h4,7H,2-3H2,1H3. The second-order valence-corrected chi connectivity index (χ2v) is 3.06. The van der Waals surface area contributed by atoms with E-state index in [1.54, 1.807) is 6.92 Å². The second-order valence-electron chi connectivity index (χ2n) is 2.30. The van der Waals surface area contributed by atoms with Crippen LogP contribution in [0.1, 0.15) is 19.8 Å². The largest absolute Gasteiger partial charge is 0.375 e. The molecule has 0 radical (unpaired) electrons. The fraction of sp³-hybridized carbons (Fsp3) is 1.00. The van der Waals surface area contributed by atoms with Gasteiger partial charge in [-0.3, -0.25) is 0 Å². The second kappa shape index (κ2) is 1.36. The molecule has 1 aliphatic carbocycles. The third kappa shape index (κ3) is 1.32. The zero-order valence-electron chi connectivity index (χ0n) is 4.32. The minimum atomic E-state index is -0.917. The van der Waals surface area contributed by atoms with E-state index in [1.165, 1.54) is 0 Å². The third-order valence-electron chi connectivity index (χ3n) is 1.32. The van der Waals surface area contributed by atoms with Gasteiger partial charge in [-0.15, -0.1) is 0 Å². The van der Waals surface area contributed by atoms with Gasteiger partial charge < -0.3 is 5.11 Å². The van der Waals surface area contributed by atoms with Crippen molar-refractivity contribution in [1.82, 2.24) is 0 Å². The fourth-order valence-electron chi connectivity index (χ4n) is 0.610. The molecule has 1 rings (SSSR count). The van der Waals surface area contributed by atoms with Gasteiger partial charge in [0.1, 0.15) is 5.06 Å². The minimum Gasteiger partial charge on any atom is -0.375 e. The molecule has 0 spiro atoms. The molecular formula is C5H9ClO. The zero-order valence-corrected chi connectivity index (χ0v) is 5.07. The van der Waals surface area contributed by atoms with Crippen LogP contribution in [0.2, 0.25) is 0 Å². The number of halogens is 1. The van der Waals surface area contributed by atoms with Gasteiger partial charge in [0.25, 0.3) is 0 Å². The summed E-state index contributed by atoms with van der Waals surface area (Å²) in [6.07, 6.45) is 2.19. The van der Waals surface area contributed by atoms with Crippen LogP contribution in [0.25, 0.3) is 0 Å². The summed E-state index contributed by atoms with van der Waals surface area (Å²) in [5, 5.41) is 8.01.